The van der Waals surface area contributed by atoms with Gasteiger partial charge in [0.15, 0.2) is 0 Å². The highest BCUT2D eigenvalue weighted by atomic mass is 16.7. The highest BCUT2D eigenvalue weighted by molar-refractivity contribution is 5.87. The van der Waals surface area contributed by atoms with E-state index in [0.29, 0.717) is 5.57 Å². The van der Waals surface area contributed by atoms with Crippen LogP contribution in [0.3, 0.4) is 0 Å². The molecule has 0 saturated heterocycles. The lowest BCUT2D eigenvalue weighted by atomic mass is 10.2. The van der Waals surface area contributed by atoms with Gasteiger partial charge in [0.05, 0.1) is 7.11 Å². The van der Waals surface area contributed by atoms with Crippen LogP contribution in [0, 0.1) is 0 Å². The smallest absolute Gasteiger partial charge is 0.352 e. The molecular weight excluding hydrogens is 246 g/mol. The molecule has 0 fully saturated rings. The second-order valence-electron chi connectivity index (χ2n) is 3.52. The third-order valence-corrected chi connectivity index (χ3v) is 2.12. The average molecular weight is 271 g/mol. The van der Waals surface area contributed by atoms with Crippen molar-refractivity contribution in [2.75, 3.05) is 20.2 Å². The third kappa shape index (κ3) is 11.2. The summed E-state index contributed by atoms with van der Waals surface area (Å²) in [5.41, 5.74) is 0.675. The van der Waals surface area contributed by atoms with E-state index in [1.807, 2.05) is 26.8 Å². The van der Waals surface area contributed by atoms with Crippen LogP contribution in [0.4, 0.5) is 0 Å². The van der Waals surface area contributed by atoms with E-state index in [4.69, 9.17) is 4.84 Å². The monoisotopic (exact) mass is 271 g/mol. The minimum Gasteiger partial charge on any atom is -0.466 e. The molecule has 0 aromatic rings. The number of rotatable bonds is 6. The van der Waals surface area contributed by atoms with Crippen LogP contribution in [0.15, 0.2) is 24.3 Å². The first-order chi connectivity index (χ1) is 8.96. The Hall–Kier alpha value is -1.62. The van der Waals surface area contributed by atoms with Gasteiger partial charge in [-0.1, -0.05) is 19.6 Å². The van der Waals surface area contributed by atoms with E-state index in [2.05, 4.69) is 11.3 Å². The van der Waals surface area contributed by atoms with Crippen LogP contribution in [-0.2, 0) is 19.2 Å². The first-order valence-corrected chi connectivity index (χ1v) is 6.30. The maximum atomic E-state index is 11.3. The Balaban J connectivity index is 0. The fraction of sp³-hybridized carbons (Fsp3) is 0.571. The number of carbonyl (C=O) groups is 2. The van der Waals surface area contributed by atoms with E-state index in [-0.39, 0.29) is 5.97 Å². The van der Waals surface area contributed by atoms with Crippen LogP contribution >= 0.6 is 0 Å². The number of allylic oxidation sites excluding steroid dienone is 1. The number of esters is 1. The molecule has 5 nitrogen and oxygen atoms in total. The molecule has 0 aliphatic heterocycles. The summed E-state index contributed by atoms with van der Waals surface area (Å²) in [5, 5.41) is 1.63. The van der Waals surface area contributed by atoms with Crippen LogP contribution in [0.1, 0.15) is 34.1 Å². The zero-order valence-electron chi connectivity index (χ0n) is 12.6. The number of hydrogen-bond acceptors (Lipinski definition) is 5. The standard InChI is InChI=1S/C10H19NO2.C4H6O2/c1-5-8-9(4)10(12)13-11(6-2)7-3;1-3-4(5)6-2/h8H,5-7H2,1-4H3;3H,1H2,2H3. The van der Waals surface area contributed by atoms with Gasteiger partial charge >= 0.3 is 11.9 Å². The van der Waals surface area contributed by atoms with Gasteiger partial charge in [0.2, 0.25) is 0 Å². The summed E-state index contributed by atoms with van der Waals surface area (Å²) < 4.78 is 4.14. The van der Waals surface area contributed by atoms with Gasteiger partial charge in [-0.15, -0.1) is 5.06 Å². The van der Waals surface area contributed by atoms with Gasteiger partial charge in [0.25, 0.3) is 0 Å². The number of carbonyl (C=O) groups excluding carboxylic acids is 2. The molecule has 19 heavy (non-hydrogen) atoms. The van der Waals surface area contributed by atoms with E-state index in [1.54, 1.807) is 12.0 Å². The molecule has 0 saturated carbocycles. The molecule has 0 heterocycles. The molecule has 0 unspecified atom stereocenters. The van der Waals surface area contributed by atoms with Crippen LogP contribution in [0.25, 0.3) is 0 Å². The Morgan fingerprint density at radius 3 is 2.00 bits per heavy atom. The summed E-state index contributed by atoms with van der Waals surface area (Å²) >= 11 is 0. The molecule has 0 spiro atoms. The number of methoxy groups -OCH3 is 1. The van der Waals surface area contributed by atoms with Crippen molar-refractivity contribution in [3.63, 3.8) is 0 Å². The van der Waals surface area contributed by atoms with Gasteiger partial charge in [-0.25, -0.2) is 9.59 Å². The molecule has 0 aromatic heterocycles. The molecule has 0 atom stereocenters. The zero-order valence-corrected chi connectivity index (χ0v) is 12.6. The van der Waals surface area contributed by atoms with Crippen molar-refractivity contribution in [3.05, 3.63) is 24.3 Å². The Bertz CT molecular complexity index is 307. The quantitative estimate of drug-likeness (QED) is 0.422. The summed E-state index contributed by atoms with van der Waals surface area (Å²) in [6, 6.07) is 0. The Morgan fingerprint density at radius 2 is 1.74 bits per heavy atom. The Kier molecular flexibility index (Phi) is 13.3. The molecule has 0 rings (SSSR count). The Morgan fingerprint density at radius 1 is 1.21 bits per heavy atom. The van der Waals surface area contributed by atoms with E-state index in [9.17, 15) is 9.59 Å². The first-order valence-electron chi connectivity index (χ1n) is 6.30. The largest absolute Gasteiger partial charge is 0.466 e. The predicted octanol–water partition coefficient (Wildman–Crippen LogP) is 2.49. The number of hydroxylamine groups is 2. The van der Waals surface area contributed by atoms with E-state index in [0.717, 1.165) is 25.6 Å². The minimum absolute atomic E-state index is 0.245. The van der Waals surface area contributed by atoms with E-state index in [1.165, 1.54) is 7.11 Å². The fourth-order valence-corrected chi connectivity index (χ4v) is 1.01. The number of hydrogen-bond donors (Lipinski definition) is 0. The molecule has 0 aliphatic carbocycles. The highest BCUT2D eigenvalue weighted by Gasteiger charge is 2.09. The molecule has 0 radical (unpaired) electrons. The maximum Gasteiger partial charge on any atom is 0.352 e. The minimum atomic E-state index is -0.394. The van der Waals surface area contributed by atoms with Crippen molar-refractivity contribution in [1.29, 1.82) is 0 Å². The molecule has 0 amide bonds. The summed E-state index contributed by atoms with van der Waals surface area (Å²) in [4.78, 5) is 26.3. The van der Waals surface area contributed by atoms with Gasteiger partial charge in [0, 0.05) is 24.7 Å². The molecule has 110 valence electrons. The highest BCUT2D eigenvalue weighted by Crippen LogP contribution is 2.01. The first kappa shape index (κ1) is 19.7. The molecule has 5 heteroatoms. The normalized spacial score (nSPS) is 10.3. The van der Waals surface area contributed by atoms with Crippen LogP contribution < -0.4 is 0 Å². The molecule has 0 aliphatic rings. The summed E-state index contributed by atoms with van der Waals surface area (Å²) in [6.45, 7) is 12.3. The van der Waals surface area contributed by atoms with Crippen LogP contribution in [0.2, 0.25) is 0 Å². The summed E-state index contributed by atoms with van der Waals surface area (Å²) in [6.07, 6.45) is 3.84. The topological polar surface area (TPSA) is 55.8 Å². The van der Waals surface area contributed by atoms with E-state index >= 15 is 0 Å². The lowest BCUT2D eigenvalue weighted by molar-refractivity contribution is -0.183. The Labute approximate surface area is 115 Å². The van der Waals surface area contributed by atoms with Gasteiger partial charge in [0.1, 0.15) is 0 Å². The van der Waals surface area contributed by atoms with Crippen molar-refractivity contribution in [2.24, 2.45) is 0 Å². The van der Waals surface area contributed by atoms with Gasteiger partial charge in [-0.05, 0) is 27.2 Å². The zero-order chi connectivity index (χ0) is 15.3. The average Bonchev–Trinajstić information content (AvgIpc) is 2.44. The fourth-order valence-electron chi connectivity index (χ4n) is 1.01. The summed E-state index contributed by atoms with van der Waals surface area (Å²) in [5.74, 6) is -0.638. The van der Waals surface area contributed by atoms with Crippen molar-refractivity contribution < 1.29 is 19.2 Å². The third-order valence-electron chi connectivity index (χ3n) is 2.12. The predicted molar refractivity (Wildman–Crippen MR) is 75.3 cm³/mol. The summed E-state index contributed by atoms with van der Waals surface area (Å²) in [7, 11) is 1.31. The molecule has 0 N–H and O–H groups in total. The van der Waals surface area contributed by atoms with E-state index < -0.39 is 5.97 Å². The second kappa shape index (κ2) is 12.8. The van der Waals surface area contributed by atoms with Gasteiger partial charge < -0.3 is 9.57 Å². The maximum absolute atomic E-state index is 11.3. The number of nitrogens with zero attached hydrogens (tertiary/aromatic N) is 1. The van der Waals surface area contributed by atoms with Crippen LogP contribution in [0.5, 0.6) is 0 Å². The molecule has 0 bridgehead atoms. The SMILES string of the molecule is C=CC(=O)OC.CCC=C(C)C(=O)ON(CC)CC. The van der Waals surface area contributed by atoms with Crippen molar-refractivity contribution in [2.45, 2.75) is 34.1 Å². The van der Waals surface area contributed by atoms with Crippen molar-refractivity contribution in [3.8, 4) is 0 Å². The van der Waals surface area contributed by atoms with Crippen LogP contribution in [-0.4, -0.2) is 37.2 Å². The second-order valence-corrected chi connectivity index (χ2v) is 3.52. The van der Waals surface area contributed by atoms with Crippen molar-refractivity contribution in [1.82, 2.24) is 5.06 Å². The van der Waals surface area contributed by atoms with Gasteiger partial charge in [-0.2, -0.15) is 0 Å². The van der Waals surface area contributed by atoms with Gasteiger partial charge in [-0.3, -0.25) is 0 Å². The lowest BCUT2D eigenvalue weighted by Gasteiger charge is -2.17. The van der Waals surface area contributed by atoms with Crippen molar-refractivity contribution >= 4 is 11.9 Å². The molecular formula is C14H25NO4. The number of ether oxygens (including phenoxy) is 1. The lowest BCUT2D eigenvalue weighted by Crippen LogP contribution is -2.27. The molecule has 0 aromatic carbocycles.